The zero-order valence-corrected chi connectivity index (χ0v) is 19.1. The van der Waals surface area contributed by atoms with Crippen LogP contribution < -0.4 is 5.43 Å². The molecule has 0 bridgehead atoms. The Morgan fingerprint density at radius 3 is 2.73 bits per heavy atom. The molecular weight excluding hydrogens is 419 g/mol. The minimum Gasteiger partial charge on any atom is -0.342 e. The second-order valence-corrected chi connectivity index (χ2v) is 9.92. The summed E-state index contributed by atoms with van der Waals surface area (Å²) in [6.07, 6.45) is 8.62. The highest BCUT2D eigenvalue weighted by molar-refractivity contribution is 5.93. The Balaban J connectivity index is 0.988. The normalized spacial score (nSPS) is 29.5. The number of hydrazone groups is 1. The van der Waals surface area contributed by atoms with E-state index in [0.29, 0.717) is 19.1 Å². The number of rotatable bonds is 5. The first-order valence-corrected chi connectivity index (χ1v) is 12.4. The van der Waals surface area contributed by atoms with Crippen LogP contribution in [0.5, 0.6) is 0 Å². The second-order valence-electron chi connectivity index (χ2n) is 9.92. The highest BCUT2D eigenvalue weighted by Crippen LogP contribution is 2.38. The molecule has 4 heterocycles. The van der Waals surface area contributed by atoms with E-state index in [1.807, 2.05) is 6.08 Å². The third-order valence-electron chi connectivity index (χ3n) is 7.83. The van der Waals surface area contributed by atoms with Gasteiger partial charge in [-0.25, -0.2) is 4.39 Å². The molecule has 2 saturated heterocycles. The summed E-state index contributed by atoms with van der Waals surface area (Å²) in [5.74, 6) is -0.0233. The Morgan fingerprint density at radius 2 is 1.88 bits per heavy atom. The van der Waals surface area contributed by atoms with Crippen LogP contribution in [0.3, 0.4) is 0 Å². The number of hydrogen-bond donors (Lipinski definition) is 1. The van der Waals surface area contributed by atoms with Gasteiger partial charge in [0.2, 0.25) is 5.79 Å². The molecule has 2 fully saturated rings. The summed E-state index contributed by atoms with van der Waals surface area (Å²) in [5, 5.41) is 4.60. The predicted molar refractivity (Wildman–Crippen MR) is 125 cm³/mol. The van der Waals surface area contributed by atoms with Crippen LogP contribution in [0.4, 0.5) is 4.39 Å². The van der Waals surface area contributed by atoms with E-state index in [9.17, 15) is 4.39 Å². The Labute approximate surface area is 195 Å². The smallest absolute Gasteiger partial charge is 0.208 e. The number of piperidine rings is 1. The number of likely N-dealkylation sites (tertiary alicyclic amines) is 1. The molecule has 1 spiro atoms. The number of nitrogens with one attached hydrogen (secondary N) is 1. The maximum absolute atomic E-state index is 13.5. The Hall–Kier alpha value is -2.06. The fourth-order valence-electron chi connectivity index (χ4n) is 6.17. The molecule has 1 N–H and O–H groups in total. The molecular formula is C26H33FN4O2. The van der Waals surface area contributed by atoms with Crippen molar-refractivity contribution in [2.45, 2.75) is 37.6 Å². The number of hydrogen-bond acceptors (Lipinski definition) is 6. The molecule has 6 nitrogen and oxygen atoms in total. The Morgan fingerprint density at radius 1 is 1.09 bits per heavy atom. The molecule has 2 unspecified atom stereocenters. The molecule has 5 aliphatic rings. The van der Waals surface area contributed by atoms with Gasteiger partial charge in [-0.2, -0.15) is 5.10 Å². The van der Waals surface area contributed by atoms with Crippen LogP contribution in [0, 0.1) is 11.8 Å². The SMILES string of the molecule is FC1=CC2NN=C(C3CCN(CCCN4Cc5ccccc5C5(C4)OCCO5)CC3)C2C=C1. The van der Waals surface area contributed by atoms with Gasteiger partial charge in [0.15, 0.2) is 0 Å². The molecule has 0 aromatic heterocycles. The summed E-state index contributed by atoms with van der Waals surface area (Å²) < 4.78 is 25.8. The molecule has 176 valence electrons. The first-order chi connectivity index (χ1) is 16.2. The van der Waals surface area contributed by atoms with Crippen LogP contribution >= 0.6 is 0 Å². The van der Waals surface area contributed by atoms with Crippen molar-refractivity contribution in [3.8, 4) is 0 Å². The molecule has 4 aliphatic heterocycles. The molecule has 1 aromatic carbocycles. The maximum Gasteiger partial charge on any atom is 0.208 e. The van der Waals surface area contributed by atoms with E-state index in [1.54, 1.807) is 12.2 Å². The second kappa shape index (κ2) is 8.95. The standard InChI is InChI=1S/C26H33FN4O2/c27-21-6-7-22-24(16-21)28-29-25(22)19-8-12-30(13-9-19)10-3-11-31-17-20-4-1-2-5-23(20)26(18-31)32-14-15-33-26/h1-2,4-7,16,19,22,24,28H,3,8-15,17-18H2. The van der Waals surface area contributed by atoms with E-state index in [1.165, 1.54) is 16.8 Å². The quantitative estimate of drug-likeness (QED) is 0.744. The molecule has 1 aliphatic carbocycles. The van der Waals surface area contributed by atoms with Gasteiger partial charge in [-0.05, 0) is 63.2 Å². The van der Waals surface area contributed by atoms with Crippen LogP contribution in [0.1, 0.15) is 30.4 Å². The summed E-state index contributed by atoms with van der Waals surface area (Å²) in [4.78, 5) is 5.07. The van der Waals surface area contributed by atoms with Crippen molar-refractivity contribution >= 4 is 5.71 Å². The fourth-order valence-corrected chi connectivity index (χ4v) is 6.17. The van der Waals surface area contributed by atoms with Gasteiger partial charge in [-0.1, -0.05) is 30.3 Å². The highest BCUT2D eigenvalue weighted by atomic mass is 19.1. The van der Waals surface area contributed by atoms with Crippen molar-refractivity contribution in [2.24, 2.45) is 16.9 Å². The van der Waals surface area contributed by atoms with Crippen molar-refractivity contribution in [2.75, 3.05) is 45.9 Å². The molecule has 2 atom stereocenters. The molecule has 7 heteroatoms. The van der Waals surface area contributed by atoms with Gasteiger partial charge in [0.1, 0.15) is 5.83 Å². The van der Waals surface area contributed by atoms with E-state index in [0.717, 1.165) is 58.5 Å². The van der Waals surface area contributed by atoms with Crippen molar-refractivity contribution in [1.29, 1.82) is 0 Å². The summed E-state index contributed by atoms with van der Waals surface area (Å²) in [6, 6.07) is 8.55. The lowest BCUT2D eigenvalue weighted by molar-refractivity contribution is -0.187. The van der Waals surface area contributed by atoms with E-state index in [2.05, 4.69) is 44.6 Å². The topological polar surface area (TPSA) is 49.3 Å². The van der Waals surface area contributed by atoms with Crippen LogP contribution in [0.25, 0.3) is 0 Å². The number of halogens is 1. The predicted octanol–water partition coefficient (Wildman–Crippen LogP) is 3.17. The van der Waals surface area contributed by atoms with Gasteiger partial charge in [-0.3, -0.25) is 4.90 Å². The van der Waals surface area contributed by atoms with Crippen molar-refractivity contribution in [3.05, 3.63) is 59.4 Å². The molecule has 0 saturated carbocycles. The first kappa shape index (κ1) is 21.5. The highest BCUT2D eigenvalue weighted by Gasteiger charge is 2.44. The molecule has 33 heavy (non-hydrogen) atoms. The number of fused-ring (bicyclic) bond motifs is 3. The summed E-state index contributed by atoms with van der Waals surface area (Å²) in [6.45, 7) is 7.48. The van der Waals surface area contributed by atoms with Gasteiger partial charge >= 0.3 is 0 Å². The number of nitrogens with zero attached hydrogens (tertiary/aromatic N) is 3. The largest absolute Gasteiger partial charge is 0.342 e. The maximum atomic E-state index is 13.5. The molecule has 6 rings (SSSR count). The minimum absolute atomic E-state index is 0.00572. The first-order valence-electron chi connectivity index (χ1n) is 12.4. The van der Waals surface area contributed by atoms with E-state index >= 15 is 0 Å². The zero-order valence-electron chi connectivity index (χ0n) is 19.1. The Kier molecular flexibility index (Phi) is 5.82. The average molecular weight is 453 g/mol. The monoisotopic (exact) mass is 452 g/mol. The lowest BCUT2D eigenvalue weighted by atomic mass is 9.81. The van der Waals surface area contributed by atoms with Crippen molar-refractivity contribution in [1.82, 2.24) is 15.2 Å². The fraction of sp³-hybridized carbons (Fsp3) is 0.577. The lowest BCUT2D eigenvalue weighted by Crippen LogP contribution is -2.47. The van der Waals surface area contributed by atoms with Crippen molar-refractivity contribution in [3.63, 3.8) is 0 Å². The van der Waals surface area contributed by atoms with Gasteiger partial charge in [-0.15, -0.1) is 0 Å². The third-order valence-corrected chi connectivity index (χ3v) is 7.83. The summed E-state index contributed by atoms with van der Waals surface area (Å²) in [7, 11) is 0. The lowest BCUT2D eigenvalue weighted by Gasteiger charge is -2.40. The minimum atomic E-state index is -0.577. The number of ether oxygens (including phenoxy) is 2. The van der Waals surface area contributed by atoms with Gasteiger partial charge in [0, 0.05) is 23.9 Å². The number of benzene rings is 1. The average Bonchev–Trinajstić information content (AvgIpc) is 3.47. The van der Waals surface area contributed by atoms with Crippen LogP contribution in [-0.4, -0.2) is 67.5 Å². The Bertz CT molecular complexity index is 963. The third kappa shape index (κ3) is 4.16. The van der Waals surface area contributed by atoms with Gasteiger partial charge < -0.3 is 19.8 Å². The van der Waals surface area contributed by atoms with Crippen LogP contribution in [0.2, 0.25) is 0 Å². The van der Waals surface area contributed by atoms with E-state index in [-0.39, 0.29) is 17.8 Å². The van der Waals surface area contributed by atoms with Crippen molar-refractivity contribution < 1.29 is 13.9 Å². The van der Waals surface area contributed by atoms with Gasteiger partial charge in [0.25, 0.3) is 0 Å². The zero-order chi connectivity index (χ0) is 22.3. The van der Waals surface area contributed by atoms with Crippen LogP contribution in [0.15, 0.2) is 53.4 Å². The summed E-state index contributed by atoms with van der Waals surface area (Å²) in [5.41, 5.74) is 6.87. The van der Waals surface area contributed by atoms with Gasteiger partial charge in [0.05, 0.1) is 31.5 Å². The summed E-state index contributed by atoms with van der Waals surface area (Å²) >= 11 is 0. The molecule has 0 radical (unpaired) electrons. The number of allylic oxidation sites excluding steroid dienone is 2. The van der Waals surface area contributed by atoms with Crippen LogP contribution in [-0.2, 0) is 21.8 Å². The molecule has 0 amide bonds. The van der Waals surface area contributed by atoms with E-state index < -0.39 is 5.79 Å². The molecule has 1 aromatic rings. The van der Waals surface area contributed by atoms with E-state index in [4.69, 9.17) is 9.47 Å².